The van der Waals surface area contributed by atoms with Gasteiger partial charge in [-0.2, -0.15) is 13.2 Å². The van der Waals surface area contributed by atoms with E-state index < -0.39 is 11.6 Å². The third-order valence-electron chi connectivity index (χ3n) is 5.26. The highest BCUT2D eigenvalue weighted by molar-refractivity contribution is 7.12. The second-order valence-electron chi connectivity index (χ2n) is 7.30. The van der Waals surface area contributed by atoms with E-state index in [1.165, 1.54) is 19.2 Å². The van der Waals surface area contributed by atoms with Crippen LogP contribution >= 0.6 is 11.3 Å². The maximum atomic E-state index is 14.4. The lowest BCUT2D eigenvalue weighted by molar-refractivity contribution is -0.161. The van der Waals surface area contributed by atoms with Crippen LogP contribution in [0, 0.1) is 32.1 Å². The number of terminal acetylenes is 1. The fourth-order valence-corrected chi connectivity index (χ4v) is 4.32. The number of methoxy groups -OCH3 is 1. The number of halogens is 3. The highest BCUT2D eigenvalue weighted by atomic mass is 32.1. The van der Waals surface area contributed by atoms with E-state index in [1.54, 1.807) is 19.1 Å². The van der Waals surface area contributed by atoms with Crippen LogP contribution < -0.4 is 4.74 Å². The van der Waals surface area contributed by atoms with Crippen molar-refractivity contribution in [2.24, 2.45) is 5.92 Å². The maximum absolute atomic E-state index is 14.4. The van der Waals surface area contributed by atoms with Gasteiger partial charge in [-0.25, -0.2) is 0 Å². The summed E-state index contributed by atoms with van der Waals surface area (Å²) in [5.41, 5.74) is -0.913. The second kappa shape index (κ2) is 11.4. The summed E-state index contributed by atoms with van der Waals surface area (Å²) in [4.78, 5) is 0.846. The molecule has 5 heteroatoms. The summed E-state index contributed by atoms with van der Waals surface area (Å²) in [7, 11) is 1.38. The van der Waals surface area contributed by atoms with E-state index in [2.05, 4.69) is 31.9 Å². The summed E-state index contributed by atoms with van der Waals surface area (Å²) in [6.45, 7) is 11.8. The summed E-state index contributed by atoms with van der Waals surface area (Å²) in [6.07, 6.45) is 6.74. The highest BCUT2D eigenvalue weighted by Crippen LogP contribution is 2.51. The van der Waals surface area contributed by atoms with Crippen LogP contribution in [0.3, 0.4) is 0 Å². The van der Waals surface area contributed by atoms with Crippen LogP contribution in [0.4, 0.5) is 13.2 Å². The Morgan fingerprint density at radius 1 is 1.23 bits per heavy atom. The Hall–Kier alpha value is -2.19. The lowest BCUT2D eigenvalue weighted by atomic mass is 9.77. The molecule has 1 aromatic heterocycles. The van der Waals surface area contributed by atoms with Gasteiger partial charge in [0.15, 0.2) is 5.41 Å². The third-order valence-corrected chi connectivity index (χ3v) is 6.38. The number of aryl methyl sites for hydroxylation is 2. The van der Waals surface area contributed by atoms with Crippen LogP contribution in [-0.2, 0) is 11.8 Å². The van der Waals surface area contributed by atoms with E-state index in [0.29, 0.717) is 12.3 Å². The summed E-state index contributed by atoms with van der Waals surface area (Å²) in [6, 6.07) is 6.34. The van der Waals surface area contributed by atoms with Crippen LogP contribution in [0.15, 0.2) is 36.4 Å². The number of hydrogen-bond donors (Lipinski definition) is 0. The van der Waals surface area contributed by atoms with E-state index in [1.807, 2.05) is 20.8 Å². The molecular formula is C26H35F3OS. The van der Waals surface area contributed by atoms with Gasteiger partial charge < -0.3 is 4.74 Å². The number of thiophene rings is 1. The molecule has 0 radical (unpaired) electrons. The summed E-state index contributed by atoms with van der Waals surface area (Å²) in [5.74, 6) is 2.69. The Balaban J connectivity index is 0.00000311. The fourth-order valence-electron chi connectivity index (χ4n) is 3.27. The Bertz CT molecular complexity index is 924. The zero-order chi connectivity index (χ0) is 23.8. The molecule has 0 aliphatic carbocycles. The molecule has 0 bridgehead atoms. The van der Waals surface area contributed by atoms with Crippen LogP contribution in [0.25, 0.3) is 0 Å². The number of hydrogen-bond acceptors (Lipinski definition) is 2. The quantitative estimate of drug-likeness (QED) is 0.303. The molecule has 0 aliphatic rings. The van der Waals surface area contributed by atoms with Crippen molar-refractivity contribution in [3.63, 3.8) is 0 Å². The Kier molecular flexibility index (Phi) is 9.90. The van der Waals surface area contributed by atoms with E-state index in [9.17, 15) is 13.2 Å². The molecule has 0 amide bonds. The molecule has 1 aromatic carbocycles. The van der Waals surface area contributed by atoms with Gasteiger partial charge in [-0.15, -0.1) is 17.8 Å². The van der Waals surface area contributed by atoms with Gasteiger partial charge in [0.1, 0.15) is 5.75 Å². The number of alkyl halides is 3. The fraction of sp³-hybridized carbons (Fsp3) is 0.462. The standard InChI is InChI=1S/C24H27F3OS.C2H6.H2/c1-7-16(3)10-9-11-19-15-21(28-6)20(14-17(19)4)23(8-2,24(25,26)27)22-13-12-18(5)29-22;1-2;/h2,9-10,12-16H,7,11H2,1,3-6H3;1-2H3;1H/b10-9+;;. The molecule has 2 rings (SSSR count). The summed E-state index contributed by atoms with van der Waals surface area (Å²) in [5, 5.41) is 0. The monoisotopic (exact) mass is 452 g/mol. The largest absolute Gasteiger partial charge is 0.496 e. The minimum absolute atomic E-state index is 0. The molecule has 0 aliphatic heterocycles. The minimum atomic E-state index is -4.67. The van der Waals surface area contributed by atoms with Gasteiger partial charge in [0.2, 0.25) is 0 Å². The van der Waals surface area contributed by atoms with Crippen molar-refractivity contribution in [1.82, 2.24) is 0 Å². The van der Waals surface area contributed by atoms with Crippen LogP contribution in [0.2, 0.25) is 0 Å². The zero-order valence-electron chi connectivity index (χ0n) is 19.5. The van der Waals surface area contributed by atoms with Crippen molar-refractivity contribution >= 4 is 11.3 Å². The van der Waals surface area contributed by atoms with Gasteiger partial charge in [0.25, 0.3) is 0 Å². The maximum Gasteiger partial charge on any atom is 0.414 e. The Labute approximate surface area is 190 Å². The Morgan fingerprint density at radius 2 is 1.87 bits per heavy atom. The SMILES string of the molecule is C#CC(c1ccc(C)s1)(c1cc(C)c(C/C=C/C(C)CC)cc1OC)C(F)(F)F.CC.[HH]. The van der Waals surface area contributed by atoms with E-state index in [4.69, 9.17) is 11.2 Å². The molecule has 0 fully saturated rings. The molecule has 31 heavy (non-hydrogen) atoms. The lowest BCUT2D eigenvalue weighted by Gasteiger charge is -2.32. The van der Waals surface area contributed by atoms with Crippen molar-refractivity contribution < 1.29 is 19.3 Å². The first kappa shape index (κ1) is 26.8. The molecule has 0 spiro atoms. The molecular weight excluding hydrogens is 417 g/mol. The molecule has 0 N–H and O–H groups in total. The third kappa shape index (κ3) is 5.74. The molecule has 0 saturated carbocycles. The number of allylic oxidation sites excluding steroid dienone is 2. The van der Waals surface area contributed by atoms with E-state index >= 15 is 0 Å². The topological polar surface area (TPSA) is 9.23 Å². The van der Waals surface area contributed by atoms with Gasteiger partial charge in [0.05, 0.1) is 7.11 Å². The second-order valence-corrected chi connectivity index (χ2v) is 8.59. The average Bonchev–Trinajstić information content (AvgIpc) is 3.17. The highest BCUT2D eigenvalue weighted by Gasteiger charge is 2.58. The minimum Gasteiger partial charge on any atom is -0.496 e. The van der Waals surface area contributed by atoms with Crippen molar-refractivity contribution in [3.05, 3.63) is 62.9 Å². The van der Waals surface area contributed by atoms with Crippen LogP contribution in [0.5, 0.6) is 5.75 Å². The number of rotatable bonds is 7. The average molecular weight is 453 g/mol. The molecule has 2 atom stereocenters. The number of ether oxygens (including phenoxy) is 1. The van der Waals surface area contributed by atoms with Gasteiger partial charge in [0, 0.05) is 16.7 Å². The van der Waals surface area contributed by atoms with Gasteiger partial charge >= 0.3 is 6.18 Å². The summed E-state index contributed by atoms with van der Waals surface area (Å²) >= 11 is 1.06. The first-order valence-corrected chi connectivity index (χ1v) is 11.4. The normalized spacial score (nSPS) is 14.4. The molecule has 1 heterocycles. The van der Waals surface area contributed by atoms with Gasteiger partial charge in [-0.05, 0) is 61.6 Å². The lowest BCUT2D eigenvalue weighted by Crippen LogP contribution is -2.42. The molecule has 172 valence electrons. The summed E-state index contributed by atoms with van der Waals surface area (Å²) < 4.78 is 48.7. The molecule has 2 aromatic rings. The first-order valence-electron chi connectivity index (χ1n) is 10.6. The number of benzene rings is 1. The molecule has 2 unspecified atom stereocenters. The van der Waals surface area contributed by atoms with Crippen molar-refractivity contribution in [3.8, 4) is 18.1 Å². The van der Waals surface area contributed by atoms with E-state index in [0.717, 1.165) is 33.8 Å². The van der Waals surface area contributed by atoms with Crippen molar-refractivity contribution in [1.29, 1.82) is 0 Å². The molecule has 1 nitrogen and oxygen atoms in total. The predicted molar refractivity (Wildman–Crippen MR) is 128 cm³/mol. The first-order chi connectivity index (χ1) is 14.6. The van der Waals surface area contributed by atoms with Gasteiger partial charge in [-0.3, -0.25) is 0 Å². The van der Waals surface area contributed by atoms with Crippen LogP contribution in [-0.4, -0.2) is 13.3 Å². The zero-order valence-corrected chi connectivity index (χ0v) is 20.3. The predicted octanol–water partition coefficient (Wildman–Crippen LogP) is 8.27. The van der Waals surface area contributed by atoms with Crippen molar-refractivity contribution in [2.45, 2.75) is 66.0 Å². The van der Waals surface area contributed by atoms with Crippen molar-refractivity contribution in [2.75, 3.05) is 7.11 Å². The van der Waals surface area contributed by atoms with Crippen LogP contribution in [0.1, 0.15) is 62.0 Å². The molecule has 0 saturated heterocycles. The smallest absolute Gasteiger partial charge is 0.414 e. The Morgan fingerprint density at radius 3 is 2.32 bits per heavy atom. The van der Waals surface area contributed by atoms with Gasteiger partial charge in [-0.1, -0.05) is 52.2 Å². The van der Waals surface area contributed by atoms with E-state index in [-0.39, 0.29) is 17.6 Å².